The summed E-state index contributed by atoms with van der Waals surface area (Å²) >= 11 is 0. The molecule has 2 bridgehead atoms. The molecule has 0 saturated carbocycles. The topological polar surface area (TPSA) is 46.5 Å². The van der Waals surface area contributed by atoms with Crippen LogP contribution < -0.4 is 12.4 Å². The largest absolute Gasteiger partial charge is 1.00 e. The molecular formula is C27H30ClNO3. The maximum absolute atomic E-state index is 12.6. The molecule has 5 heteroatoms. The van der Waals surface area contributed by atoms with E-state index in [0.29, 0.717) is 17.6 Å². The second-order valence-corrected chi connectivity index (χ2v) is 9.37. The van der Waals surface area contributed by atoms with Crippen molar-refractivity contribution in [2.45, 2.75) is 56.5 Å². The predicted octanol–water partition coefficient (Wildman–Crippen LogP) is 1.76. The van der Waals surface area contributed by atoms with E-state index in [9.17, 15) is 9.90 Å². The van der Waals surface area contributed by atoms with Crippen LogP contribution in [0.3, 0.4) is 0 Å². The first-order valence-corrected chi connectivity index (χ1v) is 11.3. The van der Waals surface area contributed by atoms with E-state index in [1.807, 2.05) is 18.2 Å². The normalized spacial score (nSPS) is 27.5. The van der Waals surface area contributed by atoms with Crippen molar-refractivity contribution in [1.82, 2.24) is 0 Å². The van der Waals surface area contributed by atoms with Gasteiger partial charge in [-0.1, -0.05) is 72.8 Å². The summed E-state index contributed by atoms with van der Waals surface area (Å²) in [6, 6.07) is 25.2. The molecule has 0 spiro atoms. The number of ether oxygens (including phenoxy) is 1. The zero-order valence-electron chi connectivity index (χ0n) is 18.4. The fourth-order valence-corrected chi connectivity index (χ4v) is 5.85. The van der Waals surface area contributed by atoms with Gasteiger partial charge in [-0.3, -0.25) is 0 Å². The minimum atomic E-state index is -1.21. The molecule has 3 atom stereocenters. The molecule has 0 aliphatic carbocycles. The molecule has 3 aromatic carbocycles. The van der Waals surface area contributed by atoms with Crippen molar-refractivity contribution in [3.63, 3.8) is 0 Å². The monoisotopic (exact) mass is 451 g/mol. The Morgan fingerprint density at radius 3 is 2.31 bits per heavy atom. The number of fused-ring (bicyclic) bond motifs is 3. The van der Waals surface area contributed by atoms with E-state index in [1.165, 1.54) is 29.2 Å². The Morgan fingerprint density at radius 1 is 0.969 bits per heavy atom. The van der Waals surface area contributed by atoms with Crippen LogP contribution in [-0.4, -0.2) is 40.8 Å². The molecule has 0 amide bonds. The van der Waals surface area contributed by atoms with Crippen molar-refractivity contribution in [3.05, 3.63) is 83.9 Å². The van der Waals surface area contributed by atoms with Gasteiger partial charge in [0.2, 0.25) is 0 Å². The molecule has 168 valence electrons. The van der Waals surface area contributed by atoms with Gasteiger partial charge in [0.05, 0.1) is 19.1 Å². The van der Waals surface area contributed by atoms with Crippen LogP contribution in [0, 0.1) is 0 Å². The fourth-order valence-electron chi connectivity index (χ4n) is 5.85. The van der Waals surface area contributed by atoms with Gasteiger partial charge in [0.25, 0.3) is 0 Å². The predicted molar refractivity (Wildman–Crippen MR) is 121 cm³/mol. The summed E-state index contributed by atoms with van der Waals surface area (Å²) in [7, 11) is 2.38. The van der Waals surface area contributed by atoms with E-state index in [-0.39, 0.29) is 18.5 Å². The number of piperidine rings is 1. The molecule has 5 rings (SSSR count). The number of carbonyl (C=O) groups is 1. The van der Waals surface area contributed by atoms with Crippen molar-refractivity contribution < 1.29 is 31.5 Å². The Balaban J connectivity index is 0.00000245. The lowest BCUT2D eigenvalue weighted by atomic mass is 9.94. The fraction of sp³-hybridized carbons (Fsp3) is 0.370. The summed E-state index contributed by atoms with van der Waals surface area (Å²) in [6.45, 7) is 1.00. The van der Waals surface area contributed by atoms with Crippen LogP contribution in [0.25, 0.3) is 10.8 Å². The molecule has 2 fully saturated rings. The van der Waals surface area contributed by atoms with E-state index in [4.69, 9.17) is 4.74 Å². The van der Waals surface area contributed by atoms with Gasteiger partial charge in [-0.25, -0.2) is 4.79 Å². The molecule has 2 aliphatic heterocycles. The minimum absolute atomic E-state index is 0. The van der Waals surface area contributed by atoms with Crippen LogP contribution in [-0.2, 0) is 16.1 Å². The lowest BCUT2D eigenvalue weighted by Crippen LogP contribution is -3.00. The van der Waals surface area contributed by atoms with Crippen LogP contribution in [0.15, 0.2) is 72.8 Å². The van der Waals surface area contributed by atoms with E-state index >= 15 is 0 Å². The molecule has 3 unspecified atom stereocenters. The Morgan fingerprint density at radius 2 is 1.59 bits per heavy atom. The molecule has 2 aliphatic rings. The summed E-state index contributed by atoms with van der Waals surface area (Å²) in [5.41, 5.74) is 1.98. The zero-order chi connectivity index (χ0) is 21.4. The van der Waals surface area contributed by atoms with Crippen LogP contribution >= 0.6 is 0 Å². The van der Waals surface area contributed by atoms with Crippen LogP contribution in [0.2, 0.25) is 0 Å². The van der Waals surface area contributed by atoms with E-state index in [1.54, 1.807) is 12.1 Å². The lowest BCUT2D eigenvalue weighted by Gasteiger charge is -2.47. The first-order valence-electron chi connectivity index (χ1n) is 11.3. The Bertz CT molecular complexity index is 1070. The number of aliphatic hydroxyl groups excluding tert-OH is 1. The van der Waals surface area contributed by atoms with Gasteiger partial charge in [-0.15, -0.1) is 0 Å². The molecule has 0 radical (unpaired) electrons. The highest BCUT2D eigenvalue weighted by Gasteiger charge is 2.52. The average Bonchev–Trinajstić information content (AvgIpc) is 2.95. The third-order valence-electron chi connectivity index (χ3n) is 7.58. The minimum Gasteiger partial charge on any atom is -1.00 e. The first-order chi connectivity index (χ1) is 15.0. The SMILES string of the molecule is C[N+]1(Cc2cccc3ccccc23)C2CCC1CC(OC(=O)C(O)c1ccccc1)C2.[Cl-]. The Hall–Kier alpha value is -2.40. The summed E-state index contributed by atoms with van der Waals surface area (Å²) in [5.74, 6) is -0.527. The summed E-state index contributed by atoms with van der Waals surface area (Å²) in [5, 5.41) is 13.0. The van der Waals surface area contributed by atoms with E-state index in [2.05, 4.69) is 49.5 Å². The van der Waals surface area contributed by atoms with Gasteiger partial charge in [-0.2, -0.15) is 0 Å². The molecule has 3 aromatic rings. The molecule has 2 saturated heterocycles. The molecule has 2 heterocycles. The number of quaternary nitrogens is 1. The van der Waals surface area contributed by atoms with Gasteiger partial charge in [0, 0.05) is 31.2 Å². The molecular weight excluding hydrogens is 422 g/mol. The van der Waals surface area contributed by atoms with E-state index in [0.717, 1.165) is 23.9 Å². The third kappa shape index (κ3) is 4.15. The molecule has 32 heavy (non-hydrogen) atoms. The van der Waals surface area contributed by atoms with Gasteiger partial charge in [0.1, 0.15) is 12.6 Å². The maximum atomic E-state index is 12.6. The standard InChI is InChI=1S/C27H30NO3.ClH/c1-28(18-21-12-7-11-19-8-5-6-13-25(19)21)22-14-15-23(28)17-24(16-22)31-27(30)26(29)20-9-3-2-4-10-20;/h2-13,22-24,26,29H,14-18H2,1H3;1H/q+1;/p-1. The third-order valence-corrected chi connectivity index (χ3v) is 7.58. The summed E-state index contributed by atoms with van der Waals surface area (Å²) < 4.78 is 6.82. The van der Waals surface area contributed by atoms with Crippen molar-refractivity contribution in [2.24, 2.45) is 0 Å². The second kappa shape index (κ2) is 9.22. The average molecular weight is 452 g/mol. The quantitative estimate of drug-likeness (QED) is 0.475. The van der Waals surface area contributed by atoms with Crippen molar-refractivity contribution >= 4 is 16.7 Å². The first kappa shape index (κ1) is 22.8. The van der Waals surface area contributed by atoms with Gasteiger partial charge in [0.15, 0.2) is 6.10 Å². The second-order valence-electron chi connectivity index (χ2n) is 9.37. The number of aliphatic hydroxyl groups is 1. The maximum Gasteiger partial charge on any atom is 0.339 e. The van der Waals surface area contributed by atoms with Crippen molar-refractivity contribution in [2.75, 3.05) is 7.05 Å². The molecule has 0 aromatic heterocycles. The smallest absolute Gasteiger partial charge is 0.339 e. The Labute approximate surface area is 195 Å². The van der Waals surface area contributed by atoms with E-state index < -0.39 is 12.1 Å². The number of esters is 1. The summed E-state index contributed by atoms with van der Waals surface area (Å²) in [4.78, 5) is 12.6. The zero-order valence-corrected chi connectivity index (χ0v) is 19.1. The Kier molecular flexibility index (Phi) is 6.57. The highest BCUT2D eigenvalue weighted by atomic mass is 35.5. The number of benzene rings is 3. The van der Waals surface area contributed by atoms with Crippen LogP contribution in [0.1, 0.15) is 42.9 Å². The molecule has 4 nitrogen and oxygen atoms in total. The van der Waals surface area contributed by atoms with Crippen LogP contribution in [0.5, 0.6) is 0 Å². The number of halogens is 1. The van der Waals surface area contributed by atoms with Crippen molar-refractivity contribution in [1.29, 1.82) is 0 Å². The number of carbonyl (C=O) groups excluding carboxylic acids is 1. The van der Waals surface area contributed by atoms with Crippen LogP contribution in [0.4, 0.5) is 0 Å². The number of hydrogen-bond acceptors (Lipinski definition) is 3. The van der Waals surface area contributed by atoms with Crippen molar-refractivity contribution in [3.8, 4) is 0 Å². The number of hydrogen-bond donors (Lipinski definition) is 1. The highest BCUT2D eigenvalue weighted by molar-refractivity contribution is 5.85. The summed E-state index contributed by atoms with van der Waals surface area (Å²) in [6.07, 6.45) is 2.75. The lowest BCUT2D eigenvalue weighted by molar-refractivity contribution is -0.961. The highest BCUT2D eigenvalue weighted by Crippen LogP contribution is 2.44. The van der Waals surface area contributed by atoms with Gasteiger partial charge in [-0.05, 0) is 16.3 Å². The van der Waals surface area contributed by atoms with Gasteiger partial charge >= 0.3 is 5.97 Å². The number of rotatable bonds is 5. The number of nitrogens with zero attached hydrogens (tertiary/aromatic N) is 1. The molecule has 1 N–H and O–H groups in total. The van der Waals surface area contributed by atoms with Gasteiger partial charge < -0.3 is 26.7 Å².